The fourth-order valence-electron chi connectivity index (χ4n) is 2.09. The minimum absolute atomic E-state index is 0.125. The molecule has 0 radical (unpaired) electrons. The molecular formula is C17H18N4O3S2. The smallest absolute Gasteiger partial charge is 0.237 e. The highest BCUT2D eigenvalue weighted by Crippen LogP contribution is 2.30. The molecule has 1 atom stereocenters. The van der Waals surface area contributed by atoms with Crippen molar-refractivity contribution in [3.63, 3.8) is 0 Å². The zero-order valence-corrected chi connectivity index (χ0v) is 15.9. The van der Waals surface area contributed by atoms with Crippen LogP contribution in [0.5, 0.6) is 5.75 Å². The van der Waals surface area contributed by atoms with Crippen molar-refractivity contribution in [3.05, 3.63) is 48.4 Å². The number of para-hydroxylation sites is 2. The number of methoxy groups -OCH3 is 1. The van der Waals surface area contributed by atoms with Gasteiger partial charge in [0.2, 0.25) is 11.0 Å². The maximum absolute atomic E-state index is 12.4. The van der Waals surface area contributed by atoms with E-state index in [1.54, 1.807) is 25.5 Å². The van der Waals surface area contributed by atoms with Crippen LogP contribution < -0.4 is 15.4 Å². The normalized spacial score (nSPS) is 11.8. The van der Waals surface area contributed by atoms with E-state index < -0.39 is 0 Å². The molecule has 3 rings (SSSR count). The van der Waals surface area contributed by atoms with Gasteiger partial charge in [-0.2, -0.15) is 0 Å². The Balaban J connectivity index is 1.54. The Morgan fingerprint density at radius 3 is 2.92 bits per heavy atom. The van der Waals surface area contributed by atoms with E-state index in [-0.39, 0.29) is 11.2 Å². The third kappa shape index (κ3) is 4.77. The Morgan fingerprint density at radius 1 is 1.31 bits per heavy atom. The molecule has 0 aliphatic heterocycles. The molecule has 7 nitrogen and oxygen atoms in total. The zero-order valence-electron chi connectivity index (χ0n) is 14.3. The standard InChI is InChI=1S/C17H18N4O3S2/c1-11(15(22)19-13-7-3-4-8-14(13)23-2)25-17-21-20-16(26-17)18-10-12-6-5-9-24-12/h3-9,11H,10H2,1-2H3,(H,18,20)(H,19,22)/t11-/m1/s1. The fraction of sp³-hybridized carbons (Fsp3) is 0.235. The summed E-state index contributed by atoms with van der Waals surface area (Å²) >= 11 is 2.75. The highest BCUT2D eigenvalue weighted by Gasteiger charge is 2.18. The minimum atomic E-state index is -0.328. The predicted molar refractivity (Wildman–Crippen MR) is 103 cm³/mol. The van der Waals surface area contributed by atoms with Gasteiger partial charge in [-0.25, -0.2) is 0 Å². The summed E-state index contributed by atoms with van der Waals surface area (Å²) in [5, 5.41) is 14.6. The number of ether oxygens (including phenoxy) is 1. The highest BCUT2D eigenvalue weighted by molar-refractivity contribution is 8.02. The van der Waals surface area contributed by atoms with Crippen molar-refractivity contribution in [2.24, 2.45) is 0 Å². The average Bonchev–Trinajstić information content (AvgIpc) is 3.32. The topological polar surface area (TPSA) is 89.3 Å². The Bertz CT molecular complexity index is 851. The second-order valence-corrected chi connectivity index (χ2v) is 7.82. The minimum Gasteiger partial charge on any atom is -0.495 e. The molecule has 3 aromatic rings. The van der Waals surface area contributed by atoms with E-state index in [2.05, 4.69) is 20.8 Å². The summed E-state index contributed by atoms with van der Waals surface area (Å²) in [7, 11) is 1.57. The molecular weight excluding hydrogens is 372 g/mol. The number of hydrogen-bond acceptors (Lipinski definition) is 8. The van der Waals surface area contributed by atoms with E-state index in [9.17, 15) is 4.79 Å². The number of aromatic nitrogens is 2. The lowest BCUT2D eigenvalue weighted by Gasteiger charge is -2.12. The second-order valence-electron chi connectivity index (χ2n) is 5.26. The summed E-state index contributed by atoms with van der Waals surface area (Å²) in [5.74, 6) is 1.32. The van der Waals surface area contributed by atoms with Gasteiger partial charge in [-0.15, -0.1) is 10.2 Å². The van der Waals surface area contributed by atoms with Crippen LogP contribution in [-0.2, 0) is 11.3 Å². The van der Waals surface area contributed by atoms with E-state index in [0.717, 1.165) is 10.1 Å². The monoisotopic (exact) mass is 390 g/mol. The van der Waals surface area contributed by atoms with Crippen molar-refractivity contribution >= 4 is 39.8 Å². The number of hydrogen-bond donors (Lipinski definition) is 2. The molecule has 2 N–H and O–H groups in total. The SMILES string of the molecule is COc1ccccc1NC(=O)[C@@H](C)Sc1nnc(NCc2ccco2)s1. The van der Waals surface area contributed by atoms with E-state index in [4.69, 9.17) is 9.15 Å². The van der Waals surface area contributed by atoms with Crippen molar-refractivity contribution < 1.29 is 13.9 Å². The number of benzene rings is 1. The van der Waals surface area contributed by atoms with Crippen LogP contribution >= 0.6 is 23.1 Å². The van der Waals surface area contributed by atoms with Gasteiger partial charge in [0.05, 0.1) is 30.9 Å². The van der Waals surface area contributed by atoms with Gasteiger partial charge < -0.3 is 19.8 Å². The summed E-state index contributed by atoms with van der Waals surface area (Å²) in [6, 6.07) is 11.0. The summed E-state index contributed by atoms with van der Waals surface area (Å²) in [5.41, 5.74) is 0.644. The third-order valence-corrected chi connectivity index (χ3v) is 5.48. The Hall–Kier alpha value is -2.52. The molecule has 0 unspecified atom stereocenters. The molecule has 0 aliphatic carbocycles. The van der Waals surface area contributed by atoms with Crippen LogP contribution in [0, 0.1) is 0 Å². The van der Waals surface area contributed by atoms with Crippen LogP contribution in [0.1, 0.15) is 12.7 Å². The number of nitrogens with one attached hydrogen (secondary N) is 2. The maximum Gasteiger partial charge on any atom is 0.237 e. The van der Waals surface area contributed by atoms with E-state index >= 15 is 0 Å². The first-order valence-corrected chi connectivity index (χ1v) is 9.55. The summed E-state index contributed by atoms with van der Waals surface area (Å²) in [6.07, 6.45) is 1.63. The number of carbonyl (C=O) groups excluding carboxylic acids is 1. The lowest BCUT2D eigenvalue weighted by atomic mass is 10.3. The molecule has 0 saturated heterocycles. The fourth-order valence-corrected chi connectivity index (χ4v) is 3.98. The average molecular weight is 390 g/mol. The van der Waals surface area contributed by atoms with Crippen LogP contribution in [-0.4, -0.2) is 28.5 Å². The summed E-state index contributed by atoms with van der Waals surface area (Å²) in [6.45, 7) is 2.36. The first-order chi connectivity index (χ1) is 12.7. The van der Waals surface area contributed by atoms with Crippen LogP contribution in [0.3, 0.4) is 0 Å². The largest absolute Gasteiger partial charge is 0.495 e. The van der Waals surface area contributed by atoms with Gasteiger partial charge >= 0.3 is 0 Å². The molecule has 0 aliphatic rings. The molecule has 1 amide bonds. The molecule has 9 heteroatoms. The number of thioether (sulfide) groups is 1. The van der Waals surface area contributed by atoms with Gasteiger partial charge in [0.15, 0.2) is 4.34 Å². The Kier molecular flexibility index (Phi) is 6.13. The molecule has 0 fully saturated rings. The lowest BCUT2D eigenvalue weighted by molar-refractivity contribution is -0.115. The van der Waals surface area contributed by atoms with Crippen molar-refractivity contribution in [1.29, 1.82) is 0 Å². The van der Waals surface area contributed by atoms with Gasteiger partial charge in [-0.05, 0) is 31.2 Å². The van der Waals surface area contributed by atoms with Gasteiger partial charge in [-0.3, -0.25) is 4.79 Å². The predicted octanol–water partition coefficient (Wildman–Crippen LogP) is 3.87. The van der Waals surface area contributed by atoms with E-state index in [1.807, 2.05) is 31.2 Å². The Morgan fingerprint density at radius 2 is 2.15 bits per heavy atom. The summed E-state index contributed by atoms with van der Waals surface area (Å²) in [4.78, 5) is 12.4. The number of rotatable bonds is 8. The van der Waals surface area contributed by atoms with E-state index in [1.165, 1.54) is 23.1 Å². The molecule has 2 aromatic heterocycles. The van der Waals surface area contributed by atoms with Crippen molar-refractivity contribution in [1.82, 2.24) is 10.2 Å². The maximum atomic E-state index is 12.4. The van der Waals surface area contributed by atoms with Crippen molar-refractivity contribution in [2.45, 2.75) is 23.1 Å². The number of anilines is 2. The van der Waals surface area contributed by atoms with E-state index in [0.29, 0.717) is 23.1 Å². The summed E-state index contributed by atoms with van der Waals surface area (Å²) < 4.78 is 11.2. The second kappa shape index (κ2) is 8.72. The highest BCUT2D eigenvalue weighted by atomic mass is 32.2. The zero-order chi connectivity index (χ0) is 18.4. The molecule has 0 spiro atoms. The van der Waals surface area contributed by atoms with Gasteiger partial charge in [0.25, 0.3) is 0 Å². The number of amides is 1. The molecule has 136 valence electrons. The van der Waals surface area contributed by atoms with Crippen LogP contribution in [0.4, 0.5) is 10.8 Å². The van der Waals surface area contributed by atoms with Crippen molar-refractivity contribution in [3.8, 4) is 5.75 Å². The Labute approximate surface area is 159 Å². The molecule has 26 heavy (non-hydrogen) atoms. The third-order valence-electron chi connectivity index (χ3n) is 3.41. The molecule has 0 saturated carbocycles. The first kappa shape index (κ1) is 18.3. The van der Waals surface area contributed by atoms with Crippen molar-refractivity contribution in [2.75, 3.05) is 17.7 Å². The molecule has 1 aromatic carbocycles. The number of carbonyl (C=O) groups is 1. The molecule has 0 bridgehead atoms. The van der Waals surface area contributed by atoms with Crippen LogP contribution in [0.2, 0.25) is 0 Å². The number of nitrogens with zero attached hydrogens (tertiary/aromatic N) is 2. The quantitative estimate of drug-likeness (QED) is 0.564. The molecule has 2 heterocycles. The number of furan rings is 1. The first-order valence-electron chi connectivity index (χ1n) is 7.86. The van der Waals surface area contributed by atoms with Gasteiger partial charge in [0, 0.05) is 0 Å². The van der Waals surface area contributed by atoms with Crippen LogP contribution in [0.25, 0.3) is 0 Å². The van der Waals surface area contributed by atoms with Gasteiger partial charge in [0.1, 0.15) is 11.5 Å². The lowest BCUT2D eigenvalue weighted by Crippen LogP contribution is -2.22. The van der Waals surface area contributed by atoms with Crippen LogP contribution in [0.15, 0.2) is 51.4 Å². The van der Waals surface area contributed by atoms with Gasteiger partial charge in [-0.1, -0.05) is 35.2 Å².